The van der Waals surface area contributed by atoms with Crippen molar-refractivity contribution in [2.75, 3.05) is 0 Å². The Morgan fingerprint density at radius 2 is 0.691 bits per heavy atom. The lowest BCUT2D eigenvalue weighted by Crippen LogP contribution is -2.00. The minimum atomic E-state index is 0.577. The van der Waals surface area contributed by atoms with E-state index in [1.54, 1.807) is 11.3 Å². The fraction of sp³-hybridized carbons (Fsp3) is 0. The zero-order chi connectivity index (χ0) is 36.6. The Bertz CT molecular complexity index is 2980. The van der Waals surface area contributed by atoms with Crippen molar-refractivity contribution in [2.24, 2.45) is 0 Å². The van der Waals surface area contributed by atoms with E-state index in [0.29, 0.717) is 23.3 Å². The predicted molar refractivity (Wildman–Crippen MR) is 226 cm³/mol. The molecule has 3 heterocycles. The number of aromatic nitrogens is 5. The SMILES string of the molecule is c1ccc(-c2cccc(-c3nc(-c4ccccc4)nc(-c4cccc(-c5nc(-c6cccc(-c7ccccc7)c6)c6sc7ccccc7c6n5)c4)n3)c2)cc1. The smallest absolute Gasteiger partial charge is 0.164 e. The third-order valence-electron chi connectivity index (χ3n) is 9.74. The van der Waals surface area contributed by atoms with Gasteiger partial charge in [-0.2, -0.15) is 0 Å². The van der Waals surface area contributed by atoms with E-state index in [4.69, 9.17) is 24.9 Å². The highest BCUT2D eigenvalue weighted by molar-refractivity contribution is 7.26. The molecule has 0 aliphatic rings. The van der Waals surface area contributed by atoms with Crippen LogP contribution in [0.4, 0.5) is 0 Å². The molecule has 0 amide bonds. The van der Waals surface area contributed by atoms with Gasteiger partial charge in [-0.3, -0.25) is 0 Å². The zero-order valence-corrected chi connectivity index (χ0v) is 30.4. The zero-order valence-electron chi connectivity index (χ0n) is 29.5. The van der Waals surface area contributed by atoms with Crippen LogP contribution in [0.5, 0.6) is 0 Å². The fourth-order valence-corrected chi connectivity index (χ4v) is 8.16. The van der Waals surface area contributed by atoms with Crippen molar-refractivity contribution in [3.63, 3.8) is 0 Å². The minimum absolute atomic E-state index is 0.577. The third-order valence-corrected chi connectivity index (χ3v) is 10.9. The number of fused-ring (bicyclic) bond motifs is 3. The van der Waals surface area contributed by atoms with Crippen LogP contribution in [-0.4, -0.2) is 24.9 Å². The van der Waals surface area contributed by atoms with E-state index in [-0.39, 0.29) is 0 Å². The Morgan fingerprint density at radius 1 is 0.291 bits per heavy atom. The second-order valence-electron chi connectivity index (χ2n) is 13.3. The van der Waals surface area contributed by atoms with Crippen LogP contribution in [0.25, 0.3) is 99.4 Å². The summed E-state index contributed by atoms with van der Waals surface area (Å²) >= 11 is 1.74. The molecule has 0 fully saturated rings. The van der Waals surface area contributed by atoms with Gasteiger partial charge < -0.3 is 0 Å². The van der Waals surface area contributed by atoms with Crippen LogP contribution >= 0.6 is 11.3 Å². The van der Waals surface area contributed by atoms with Crippen molar-refractivity contribution in [3.8, 4) is 79.1 Å². The standard InChI is InChI=1S/C49H31N5S/c1-4-15-32(16-5-1)35-21-12-23-37(29-35)43-45-44(41-27-10-11-28-42(41)55-45)51-47(50-43)39-25-14-26-40(31-39)49-53-46(34-19-8-3-9-20-34)52-48(54-49)38-24-13-22-36(30-38)33-17-6-2-7-18-33/h1-31H. The van der Waals surface area contributed by atoms with E-state index in [0.717, 1.165) is 71.4 Å². The minimum Gasteiger partial charge on any atom is -0.226 e. The van der Waals surface area contributed by atoms with Crippen molar-refractivity contribution >= 4 is 31.6 Å². The third kappa shape index (κ3) is 6.35. The average Bonchev–Trinajstić information content (AvgIpc) is 3.66. The van der Waals surface area contributed by atoms with E-state index >= 15 is 0 Å². The molecule has 0 saturated heterocycles. The normalized spacial score (nSPS) is 11.3. The first-order valence-corrected chi connectivity index (χ1v) is 19.0. The lowest BCUT2D eigenvalue weighted by atomic mass is 10.0. The molecule has 3 aromatic heterocycles. The summed E-state index contributed by atoms with van der Waals surface area (Å²) in [7, 11) is 0. The highest BCUT2D eigenvalue weighted by Crippen LogP contribution is 2.40. The highest BCUT2D eigenvalue weighted by atomic mass is 32.1. The maximum atomic E-state index is 5.32. The van der Waals surface area contributed by atoms with E-state index in [2.05, 4.69) is 133 Å². The number of nitrogens with zero attached hydrogens (tertiary/aromatic N) is 5. The van der Waals surface area contributed by atoms with Gasteiger partial charge >= 0.3 is 0 Å². The molecule has 6 heteroatoms. The molecule has 0 atom stereocenters. The number of hydrogen-bond acceptors (Lipinski definition) is 6. The van der Waals surface area contributed by atoms with Crippen LogP contribution in [0, 0.1) is 0 Å². The molecular formula is C49H31N5S. The summed E-state index contributed by atoms with van der Waals surface area (Å²) in [6.45, 7) is 0. The average molecular weight is 722 g/mol. The monoisotopic (exact) mass is 721 g/mol. The Kier molecular flexibility index (Phi) is 8.28. The van der Waals surface area contributed by atoms with Crippen molar-refractivity contribution in [2.45, 2.75) is 0 Å². The van der Waals surface area contributed by atoms with Crippen molar-refractivity contribution in [3.05, 3.63) is 188 Å². The van der Waals surface area contributed by atoms with Crippen LogP contribution in [-0.2, 0) is 0 Å². The van der Waals surface area contributed by atoms with E-state index in [9.17, 15) is 0 Å². The molecule has 0 N–H and O–H groups in total. The summed E-state index contributed by atoms with van der Waals surface area (Å²) in [4.78, 5) is 25.7. The fourth-order valence-electron chi connectivity index (χ4n) is 7.01. The lowest BCUT2D eigenvalue weighted by molar-refractivity contribution is 1.07. The summed E-state index contributed by atoms with van der Waals surface area (Å²) < 4.78 is 2.25. The molecule has 0 aliphatic heterocycles. The largest absolute Gasteiger partial charge is 0.226 e. The molecule has 10 aromatic rings. The molecule has 0 bridgehead atoms. The molecule has 0 unspecified atom stereocenters. The van der Waals surface area contributed by atoms with Crippen LogP contribution in [0.3, 0.4) is 0 Å². The van der Waals surface area contributed by atoms with Gasteiger partial charge in [0.2, 0.25) is 0 Å². The Labute approximate surface area is 322 Å². The van der Waals surface area contributed by atoms with Gasteiger partial charge in [-0.25, -0.2) is 24.9 Å². The van der Waals surface area contributed by atoms with Gasteiger partial charge in [-0.05, 0) is 46.5 Å². The van der Waals surface area contributed by atoms with Crippen molar-refractivity contribution < 1.29 is 0 Å². The molecule has 7 aromatic carbocycles. The van der Waals surface area contributed by atoms with E-state index in [1.165, 1.54) is 4.70 Å². The van der Waals surface area contributed by atoms with Crippen LogP contribution in [0.15, 0.2) is 188 Å². The molecule has 0 spiro atoms. The second kappa shape index (κ2) is 14.0. The molecule has 55 heavy (non-hydrogen) atoms. The van der Waals surface area contributed by atoms with Crippen LogP contribution in [0.1, 0.15) is 0 Å². The van der Waals surface area contributed by atoms with Gasteiger partial charge in [-0.1, -0.05) is 164 Å². The summed E-state index contributed by atoms with van der Waals surface area (Å²) in [6.07, 6.45) is 0. The maximum Gasteiger partial charge on any atom is 0.164 e. The second-order valence-corrected chi connectivity index (χ2v) is 14.4. The number of rotatable bonds is 7. The summed E-state index contributed by atoms with van der Waals surface area (Å²) in [5.74, 6) is 2.44. The summed E-state index contributed by atoms with van der Waals surface area (Å²) in [5.41, 5.74) is 11.0. The summed E-state index contributed by atoms with van der Waals surface area (Å²) in [5, 5.41) is 1.12. The first kappa shape index (κ1) is 32.5. The molecule has 10 rings (SSSR count). The molecule has 0 saturated carbocycles. The number of hydrogen-bond donors (Lipinski definition) is 0. The molecular weight excluding hydrogens is 691 g/mol. The highest BCUT2D eigenvalue weighted by Gasteiger charge is 2.19. The first-order valence-electron chi connectivity index (χ1n) is 18.2. The van der Waals surface area contributed by atoms with Gasteiger partial charge in [0, 0.05) is 37.9 Å². The van der Waals surface area contributed by atoms with Gasteiger partial charge in [-0.15, -0.1) is 11.3 Å². The quantitative estimate of drug-likeness (QED) is 0.164. The Morgan fingerprint density at radius 3 is 1.27 bits per heavy atom. The van der Waals surface area contributed by atoms with Gasteiger partial charge in [0.05, 0.1) is 15.9 Å². The molecule has 258 valence electrons. The number of thiophene rings is 1. The van der Waals surface area contributed by atoms with Crippen LogP contribution in [0.2, 0.25) is 0 Å². The van der Waals surface area contributed by atoms with E-state index < -0.39 is 0 Å². The van der Waals surface area contributed by atoms with E-state index in [1.807, 2.05) is 54.6 Å². The maximum absolute atomic E-state index is 5.32. The Balaban J connectivity index is 1.12. The molecule has 0 aliphatic carbocycles. The predicted octanol–water partition coefficient (Wildman–Crippen LogP) is 12.7. The summed E-state index contributed by atoms with van der Waals surface area (Å²) in [6, 6.07) is 64.6. The van der Waals surface area contributed by atoms with Crippen molar-refractivity contribution in [1.29, 1.82) is 0 Å². The lowest BCUT2D eigenvalue weighted by Gasteiger charge is -2.11. The topological polar surface area (TPSA) is 64.5 Å². The van der Waals surface area contributed by atoms with Gasteiger partial charge in [0.25, 0.3) is 0 Å². The van der Waals surface area contributed by atoms with Gasteiger partial charge in [0.15, 0.2) is 23.3 Å². The molecule has 5 nitrogen and oxygen atoms in total. The number of benzene rings is 7. The van der Waals surface area contributed by atoms with Crippen molar-refractivity contribution in [1.82, 2.24) is 24.9 Å². The first-order chi connectivity index (χ1) is 27.2. The van der Waals surface area contributed by atoms with Gasteiger partial charge in [0.1, 0.15) is 0 Å². The molecule has 0 radical (unpaired) electrons. The Hall–Kier alpha value is -7.15. The van der Waals surface area contributed by atoms with Crippen LogP contribution < -0.4 is 0 Å².